The molecule has 2 aliphatic heterocycles. The number of benzene rings is 1. The van der Waals surface area contributed by atoms with E-state index < -0.39 is 0 Å². The molecule has 2 fully saturated rings. The molecule has 0 N–H and O–H groups in total. The van der Waals surface area contributed by atoms with Crippen molar-refractivity contribution in [3.63, 3.8) is 0 Å². The van der Waals surface area contributed by atoms with Gasteiger partial charge in [-0.1, -0.05) is 24.3 Å². The number of likely N-dealkylation sites (N-methyl/N-ethyl adjacent to an activating group) is 1. The summed E-state index contributed by atoms with van der Waals surface area (Å²) in [5, 5.41) is 0. The summed E-state index contributed by atoms with van der Waals surface area (Å²) in [6.07, 6.45) is 6.14. The molecule has 144 valence electrons. The van der Waals surface area contributed by atoms with Crippen molar-refractivity contribution in [1.29, 1.82) is 0 Å². The molecule has 4 nitrogen and oxygen atoms in total. The molecule has 0 aromatic heterocycles. The minimum Gasteiger partial charge on any atom is -0.380 e. The standard InChI is InChI=1S/C22H34N2O2/c1-4-26-17-20-11-12-22(23(20)3)13-15-24(16-14-22)21(25)10-9-19-8-6-5-7-18(19)2/h5-8,20H,4,9-17H2,1-3H3/t20-/m1/s1. The summed E-state index contributed by atoms with van der Waals surface area (Å²) in [5.41, 5.74) is 2.86. The van der Waals surface area contributed by atoms with Crippen LogP contribution in [0, 0.1) is 6.92 Å². The summed E-state index contributed by atoms with van der Waals surface area (Å²) in [4.78, 5) is 17.3. The van der Waals surface area contributed by atoms with Gasteiger partial charge in [-0.3, -0.25) is 9.69 Å². The highest BCUT2D eigenvalue weighted by Crippen LogP contribution is 2.40. The van der Waals surface area contributed by atoms with Crippen molar-refractivity contribution in [1.82, 2.24) is 9.80 Å². The van der Waals surface area contributed by atoms with Gasteiger partial charge in [0.15, 0.2) is 0 Å². The topological polar surface area (TPSA) is 32.8 Å². The highest BCUT2D eigenvalue weighted by Gasteiger charge is 2.46. The molecule has 1 aromatic rings. The first kappa shape index (κ1) is 19.4. The molecule has 26 heavy (non-hydrogen) atoms. The summed E-state index contributed by atoms with van der Waals surface area (Å²) in [6, 6.07) is 8.92. The monoisotopic (exact) mass is 358 g/mol. The second kappa shape index (κ2) is 8.53. The number of amides is 1. The molecule has 3 rings (SSSR count). The number of likely N-dealkylation sites (tertiary alicyclic amines) is 2. The Kier molecular flexibility index (Phi) is 6.36. The van der Waals surface area contributed by atoms with Crippen LogP contribution in [0.3, 0.4) is 0 Å². The number of nitrogens with zero attached hydrogens (tertiary/aromatic N) is 2. The van der Waals surface area contributed by atoms with Crippen LogP contribution >= 0.6 is 0 Å². The van der Waals surface area contributed by atoms with Crippen molar-refractivity contribution in [3.8, 4) is 0 Å². The van der Waals surface area contributed by atoms with Crippen molar-refractivity contribution in [3.05, 3.63) is 35.4 Å². The zero-order chi connectivity index (χ0) is 18.6. The fraction of sp³-hybridized carbons (Fsp3) is 0.682. The van der Waals surface area contributed by atoms with E-state index in [1.54, 1.807) is 0 Å². The fourth-order valence-corrected chi connectivity index (χ4v) is 4.71. The lowest BCUT2D eigenvalue weighted by Crippen LogP contribution is -2.54. The third-order valence-corrected chi connectivity index (χ3v) is 6.67. The Balaban J connectivity index is 1.49. The number of hydrogen-bond acceptors (Lipinski definition) is 3. The maximum Gasteiger partial charge on any atom is 0.222 e. The van der Waals surface area contributed by atoms with Gasteiger partial charge in [-0.15, -0.1) is 0 Å². The molecule has 0 saturated carbocycles. The van der Waals surface area contributed by atoms with E-state index >= 15 is 0 Å². The summed E-state index contributed by atoms with van der Waals surface area (Å²) in [7, 11) is 2.26. The van der Waals surface area contributed by atoms with Crippen LogP contribution in [0.1, 0.15) is 50.2 Å². The van der Waals surface area contributed by atoms with Gasteiger partial charge in [0.25, 0.3) is 0 Å². The van der Waals surface area contributed by atoms with E-state index in [-0.39, 0.29) is 5.54 Å². The van der Waals surface area contributed by atoms with Crippen LogP contribution in [0.2, 0.25) is 0 Å². The summed E-state index contributed by atoms with van der Waals surface area (Å²) < 4.78 is 5.66. The average molecular weight is 359 g/mol. The Morgan fingerprint density at radius 2 is 1.96 bits per heavy atom. The first-order valence-corrected chi connectivity index (χ1v) is 10.2. The molecule has 2 aliphatic rings. The number of aryl methyl sites for hydroxylation is 2. The maximum absolute atomic E-state index is 12.7. The first-order valence-electron chi connectivity index (χ1n) is 10.2. The van der Waals surface area contributed by atoms with Crippen LogP contribution in [0.15, 0.2) is 24.3 Å². The summed E-state index contributed by atoms with van der Waals surface area (Å²) in [5.74, 6) is 0.314. The molecule has 0 bridgehead atoms. The van der Waals surface area contributed by atoms with Gasteiger partial charge in [0, 0.05) is 37.7 Å². The Morgan fingerprint density at radius 3 is 2.65 bits per heavy atom. The Hall–Kier alpha value is -1.39. The fourth-order valence-electron chi connectivity index (χ4n) is 4.71. The van der Waals surface area contributed by atoms with Crippen molar-refractivity contribution in [2.75, 3.05) is 33.4 Å². The van der Waals surface area contributed by atoms with Crippen molar-refractivity contribution in [2.45, 2.75) is 64.0 Å². The third-order valence-electron chi connectivity index (χ3n) is 6.67. The van der Waals surface area contributed by atoms with Crippen LogP contribution in [0.25, 0.3) is 0 Å². The summed E-state index contributed by atoms with van der Waals surface area (Å²) >= 11 is 0. The predicted molar refractivity (Wildman–Crippen MR) is 105 cm³/mol. The van der Waals surface area contributed by atoms with Gasteiger partial charge in [-0.2, -0.15) is 0 Å². The quantitative estimate of drug-likeness (QED) is 0.781. The maximum atomic E-state index is 12.7. The van der Waals surface area contributed by atoms with Gasteiger partial charge in [-0.25, -0.2) is 0 Å². The van der Waals surface area contributed by atoms with Crippen LogP contribution in [-0.4, -0.2) is 60.6 Å². The zero-order valence-corrected chi connectivity index (χ0v) is 16.7. The summed E-state index contributed by atoms with van der Waals surface area (Å²) in [6.45, 7) is 7.62. The third kappa shape index (κ3) is 4.12. The van der Waals surface area contributed by atoms with Crippen LogP contribution in [-0.2, 0) is 16.0 Å². The zero-order valence-electron chi connectivity index (χ0n) is 16.7. The lowest BCUT2D eigenvalue weighted by molar-refractivity contribution is -0.133. The van der Waals surface area contributed by atoms with Gasteiger partial charge in [0.1, 0.15) is 0 Å². The van der Waals surface area contributed by atoms with E-state index in [2.05, 4.69) is 55.0 Å². The van der Waals surface area contributed by atoms with Crippen molar-refractivity contribution in [2.24, 2.45) is 0 Å². The second-order valence-corrected chi connectivity index (χ2v) is 7.99. The molecule has 4 heteroatoms. The molecule has 2 saturated heterocycles. The molecule has 0 radical (unpaired) electrons. The highest BCUT2D eigenvalue weighted by atomic mass is 16.5. The molecule has 0 aliphatic carbocycles. The van der Waals surface area contributed by atoms with Crippen LogP contribution in [0.4, 0.5) is 0 Å². The van der Waals surface area contributed by atoms with E-state index in [0.717, 1.165) is 45.6 Å². The van der Waals surface area contributed by atoms with Gasteiger partial charge in [-0.05, 0) is 64.1 Å². The molecule has 1 spiro atoms. The predicted octanol–water partition coefficient (Wildman–Crippen LogP) is 3.42. The lowest BCUT2D eigenvalue weighted by atomic mass is 9.85. The number of hydrogen-bond donors (Lipinski definition) is 0. The second-order valence-electron chi connectivity index (χ2n) is 7.99. The molecule has 2 heterocycles. The molecular weight excluding hydrogens is 324 g/mol. The van der Waals surface area contributed by atoms with E-state index in [1.165, 1.54) is 24.0 Å². The van der Waals surface area contributed by atoms with Gasteiger partial charge >= 0.3 is 0 Å². The molecule has 1 atom stereocenters. The molecular formula is C22H34N2O2. The number of carbonyl (C=O) groups excluding carboxylic acids is 1. The first-order chi connectivity index (χ1) is 12.6. The van der Waals surface area contributed by atoms with Crippen LogP contribution in [0.5, 0.6) is 0 Å². The molecule has 0 unspecified atom stereocenters. The minimum absolute atomic E-state index is 0.286. The van der Waals surface area contributed by atoms with E-state index in [4.69, 9.17) is 4.74 Å². The van der Waals surface area contributed by atoms with Gasteiger partial charge in [0.05, 0.1) is 6.61 Å². The number of piperidine rings is 1. The number of ether oxygens (including phenoxy) is 1. The number of rotatable bonds is 6. The lowest BCUT2D eigenvalue weighted by Gasteiger charge is -2.45. The Bertz CT molecular complexity index is 608. The highest BCUT2D eigenvalue weighted by molar-refractivity contribution is 5.76. The smallest absolute Gasteiger partial charge is 0.222 e. The van der Waals surface area contributed by atoms with Gasteiger partial charge < -0.3 is 9.64 Å². The SMILES string of the molecule is CCOC[C@H]1CCC2(CCN(C(=O)CCc3ccccc3C)CC2)N1C. The largest absolute Gasteiger partial charge is 0.380 e. The van der Waals surface area contributed by atoms with Crippen LogP contribution < -0.4 is 0 Å². The average Bonchev–Trinajstić information content (AvgIpc) is 2.95. The Labute approximate surface area is 158 Å². The van der Waals surface area contributed by atoms with E-state index in [9.17, 15) is 4.79 Å². The van der Waals surface area contributed by atoms with E-state index in [0.29, 0.717) is 18.4 Å². The minimum atomic E-state index is 0.286. The normalized spacial score (nSPS) is 22.9. The number of carbonyl (C=O) groups is 1. The van der Waals surface area contributed by atoms with Crippen molar-refractivity contribution >= 4 is 5.91 Å². The van der Waals surface area contributed by atoms with E-state index in [1.807, 2.05) is 0 Å². The van der Waals surface area contributed by atoms with Gasteiger partial charge in [0.2, 0.25) is 5.91 Å². The Morgan fingerprint density at radius 1 is 1.23 bits per heavy atom. The molecule has 1 amide bonds. The van der Waals surface area contributed by atoms with Crippen molar-refractivity contribution < 1.29 is 9.53 Å². The molecule has 1 aromatic carbocycles.